The van der Waals surface area contributed by atoms with Crippen molar-refractivity contribution in [1.82, 2.24) is 0 Å². The summed E-state index contributed by atoms with van der Waals surface area (Å²) in [4.78, 5) is 4.91. The van der Waals surface area contributed by atoms with Gasteiger partial charge in [0.05, 0.1) is 5.69 Å². The molecule has 0 heterocycles. The molecule has 0 aliphatic heterocycles. The second-order valence-electron chi connectivity index (χ2n) is 7.39. The van der Waals surface area contributed by atoms with Crippen molar-refractivity contribution in [3.63, 3.8) is 0 Å². The third-order valence-corrected chi connectivity index (χ3v) is 5.41. The maximum absolute atomic E-state index is 4.91. The van der Waals surface area contributed by atoms with Crippen molar-refractivity contribution in [2.45, 2.75) is 39.0 Å². The van der Waals surface area contributed by atoms with Gasteiger partial charge < -0.3 is 0 Å². The van der Waals surface area contributed by atoms with Crippen LogP contribution >= 0.6 is 0 Å². The first-order chi connectivity index (χ1) is 12.7. The highest BCUT2D eigenvalue weighted by Gasteiger charge is 2.12. The minimum Gasteiger partial charge on any atom is -0.260 e. The Morgan fingerprint density at radius 1 is 0.731 bits per heavy atom. The predicted octanol–water partition coefficient (Wildman–Crippen LogP) is 6.13. The van der Waals surface area contributed by atoms with Crippen molar-refractivity contribution >= 4 is 11.9 Å². The fraction of sp³-hybridized carbons (Fsp3) is 0.240. The largest absolute Gasteiger partial charge is 0.260 e. The van der Waals surface area contributed by atoms with E-state index in [2.05, 4.69) is 86.8 Å². The fourth-order valence-corrected chi connectivity index (χ4v) is 3.75. The zero-order valence-corrected chi connectivity index (χ0v) is 15.6. The molecule has 3 aromatic carbocycles. The van der Waals surface area contributed by atoms with Gasteiger partial charge in [0, 0.05) is 12.1 Å². The number of hydrogen-bond acceptors (Lipinski definition) is 1. The van der Waals surface area contributed by atoms with Crippen molar-refractivity contribution < 1.29 is 0 Å². The lowest BCUT2D eigenvalue weighted by Crippen LogP contribution is -2.06. The molecule has 0 N–H and O–H groups in total. The third-order valence-electron chi connectivity index (χ3n) is 5.41. The summed E-state index contributed by atoms with van der Waals surface area (Å²) in [5, 5.41) is 0. The predicted molar refractivity (Wildman–Crippen MR) is 111 cm³/mol. The quantitative estimate of drug-likeness (QED) is 0.498. The van der Waals surface area contributed by atoms with E-state index in [0.29, 0.717) is 0 Å². The normalized spacial score (nSPS) is 16.6. The lowest BCUT2D eigenvalue weighted by Gasteiger charge is -2.16. The molecule has 4 aliphatic rings. The molecule has 0 spiro atoms. The molecule has 1 nitrogen and oxygen atoms in total. The molecular weight excluding hydrogens is 314 g/mol. The van der Waals surface area contributed by atoms with Crippen LogP contribution in [0.25, 0.3) is 0 Å². The van der Waals surface area contributed by atoms with Gasteiger partial charge in [-0.25, -0.2) is 0 Å². The summed E-state index contributed by atoms with van der Waals surface area (Å²) >= 11 is 0. The van der Waals surface area contributed by atoms with Gasteiger partial charge in [-0.3, -0.25) is 4.99 Å². The molecule has 1 heteroatoms. The van der Waals surface area contributed by atoms with Crippen LogP contribution in [0.15, 0.2) is 71.7 Å². The van der Waals surface area contributed by atoms with E-state index in [0.717, 1.165) is 24.9 Å². The van der Waals surface area contributed by atoms with Gasteiger partial charge in [0.15, 0.2) is 0 Å². The van der Waals surface area contributed by atoms with E-state index in [1.54, 1.807) is 0 Å². The monoisotopic (exact) mass is 339 g/mol. The molecule has 1 unspecified atom stereocenters. The molecule has 0 aromatic heterocycles. The Labute approximate surface area is 156 Å². The van der Waals surface area contributed by atoms with E-state index in [1.807, 2.05) is 0 Å². The zero-order chi connectivity index (χ0) is 17.9. The van der Waals surface area contributed by atoms with Gasteiger partial charge >= 0.3 is 0 Å². The van der Waals surface area contributed by atoms with Crippen LogP contribution in [0.1, 0.15) is 39.3 Å². The maximum Gasteiger partial charge on any atom is 0.0684 e. The average molecular weight is 339 g/mol. The Bertz CT molecular complexity index is 897. The Balaban J connectivity index is 1.72. The number of aliphatic imine (C=N–C) groups is 1. The Kier molecular flexibility index (Phi) is 4.71. The summed E-state index contributed by atoms with van der Waals surface area (Å²) in [6.07, 6.45) is 5.33. The first-order valence-electron chi connectivity index (χ1n) is 9.46. The average Bonchev–Trinajstić information content (AvgIpc) is 2.65. The highest BCUT2D eigenvalue weighted by Crippen LogP contribution is 2.26. The molecule has 1 atom stereocenters. The molecule has 7 rings (SSSR count). The summed E-state index contributed by atoms with van der Waals surface area (Å²) in [5.74, 6) is 0.285. The zero-order valence-electron chi connectivity index (χ0n) is 15.6. The van der Waals surface area contributed by atoms with Gasteiger partial charge in [-0.05, 0) is 66.5 Å². The highest BCUT2D eigenvalue weighted by atomic mass is 14.7. The molecule has 0 amide bonds. The Hall–Kier alpha value is -2.67. The SMILES string of the molecule is Cc1cccc(C)c1N=CC1Cc2ccc(cc2)CCc2ccc1cc2. The van der Waals surface area contributed by atoms with Crippen molar-refractivity contribution in [1.29, 1.82) is 0 Å². The molecule has 3 aromatic rings. The number of para-hydroxylation sites is 1. The standard InChI is InChI=1S/C25H25N/c1-18-4-3-5-19(2)25(18)26-17-24-16-22-10-8-20(9-11-22)6-7-21-12-14-23(24)15-13-21/h3-5,8-15,17,24H,6-7,16H2,1-2H3. The topological polar surface area (TPSA) is 12.4 Å². The van der Waals surface area contributed by atoms with E-state index in [9.17, 15) is 0 Å². The molecule has 0 radical (unpaired) electrons. The van der Waals surface area contributed by atoms with E-state index in [4.69, 9.17) is 4.99 Å². The number of aryl methyl sites for hydroxylation is 4. The van der Waals surface area contributed by atoms with Crippen LogP contribution in [0.3, 0.4) is 0 Å². The smallest absolute Gasteiger partial charge is 0.0684 e. The van der Waals surface area contributed by atoms with Crippen LogP contribution < -0.4 is 0 Å². The van der Waals surface area contributed by atoms with E-state index in [-0.39, 0.29) is 5.92 Å². The highest BCUT2D eigenvalue weighted by molar-refractivity contribution is 5.73. The van der Waals surface area contributed by atoms with Gasteiger partial charge in [0.25, 0.3) is 0 Å². The summed E-state index contributed by atoms with van der Waals surface area (Å²) in [5.41, 5.74) is 9.10. The maximum atomic E-state index is 4.91. The molecule has 130 valence electrons. The lowest BCUT2D eigenvalue weighted by atomic mass is 9.90. The number of benzene rings is 3. The van der Waals surface area contributed by atoms with Gasteiger partial charge in [-0.15, -0.1) is 0 Å². The number of hydrogen-bond donors (Lipinski definition) is 0. The molecule has 4 bridgehead atoms. The van der Waals surface area contributed by atoms with E-state index < -0.39 is 0 Å². The van der Waals surface area contributed by atoms with Crippen LogP contribution in [-0.4, -0.2) is 6.21 Å². The van der Waals surface area contributed by atoms with Crippen LogP contribution in [0.2, 0.25) is 0 Å². The van der Waals surface area contributed by atoms with Crippen LogP contribution in [0, 0.1) is 13.8 Å². The molecule has 0 saturated heterocycles. The van der Waals surface area contributed by atoms with E-state index in [1.165, 1.54) is 33.4 Å². The first kappa shape index (κ1) is 16.8. The molecule has 26 heavy (non-hydrogen) atoms. The van der Waals surface area contributed by atoms with Crippen LogP contribution in [0.5, 0.6) is 0 Å². The van der Waals surface area contributed by atoms with Gasteiger partial charge in [-0.1, -0.05) is 66.7 Å². The van der Waals surface area contributed by atoms with Crippen LogP contribution in [-0.2, 0) is 19.3 Å². The summed E-state index contributed by atoms with van der Waals surface area (Å²) in [6.45, 7) is 4.27. The van der Waals surface area contributed by atoms with Gasteiger partial charge in [-0.2, -0.15) is 0 Å². The summed E-state index contributed by atoms with van der Waals surface area (Å²) < 4.78 is 0. The summed E-state index contributed by atoms with van der Waals surface area (Å²) in [6, 6.07) is 24.6. The van der Waals surface area contributed by atoms with Crippen molar-refractivity contribution in [3.8, 4) is 0 Å². The minimum atomic E-state index is 0.285. The molecule has 0 fully saturated rings. The Morgan fingerprint density at radius 3 is 1.88 bits per heavy atom. The first-order valence-corrected chi connectivity index (χ1v) is 9.46. The second kappa shape index (κ2) is 7.29. The third kappa shape index (κ3) is 3.62. The fourth-order valence-electron chi connectivity index (χ4n) is 3.75. The van der Waals surface area contributed by atoms with Gasteiger partial charge in [0.1, 0.15) is 0 Å². The summed E-state index contributed by atoms with van der Waals surface area (Å²) in [7, 11) is 0. The minimum absolute atomic E-state index is 0.285. The molecular formula is C25H25N. The van der Waals surface area contributed by atoms with Crippen molar-refractivity contribution in [2.24, 2.45) is 4.99 Å². The van der Waals surface area contributed by atoms with Crippen molar-refractivity contribution in [2.75, 3.05) is 0 Å². The van der Waals surface area contributed by atoms with Gasteiger partial charge in [0.2, 0.25) is 0 Å². The lowest BCUT2D eigenvalue weighted by molar-refractivity contribution is 0.877. The van der Waals surface area contributed by atoms with Crippen molar-refractivity contribution in [3.05, 3.63) is 100 Å². The second-order valence-corrected chi connectivity index (χ2v) is 7.39. The Morgan fingerprint density at radius 2 is 1.27 bits per heavy atom. The number of rotatable bonds is 2. The molecule has 0 saturated carbocycles. The van der Waals surface area contributed by atoms with E-state index >= 15 is 0 Å². The number of nitrogens with zero attached hydrogens (tertiary/aromatic N) is 1. The molecule has 4 aliphatic carbocycles. The van der Waals surface area contributed by atoms with Crippen LogP contribution in [0.4, 0.5) is 5.69 Å².